The van der Waals surface area contributed by atoms with Crippen molar-refractivity contribution in [1.29, 1.82) is 0 Å². The van der Waals surface area contributed by atoms with Gasteiger partial charge in [0.2, 0.25) is 0 Å². The van der Waals surface area contributed by atoms with E-state index in [0.29, 0.717) is 0 Å². The van der Waals surface area contributed by atoms with Crippen molar-refractivity contribution in [2.75, 3.05) is 159 Å². The van der Waals surface area contributed by atoms with E-state index in [4.69, 9.17) is 66.3 Å². The number of hydrogen-bond acceptors (Lipinski definition) is 28. The molecule has 0 aliphatic rings. The van der Waals surface area contributed by atoms with Crippen molar-refractivity contribution in [2.45, 2.75) is 78.2 Å². The zero-order valence-corrected chi connectivity index (χ0v) is 49.9. The lowest BCUT2D eigenvalue weighted by atomic mass is 9.89. The van der Waals surface area contributed by atoms with E-state index in [1.807, 2.05) is 0 Å². The summed E-state index contributed by atoms with van der Waals surface area (Å²) in [5.74, 6) is -4.64. The molecule has 0 fully saturated rings. The normalized spacial score (nSPS) is 15.6. The van der Waals surface area contributed by atoms with Crippen LogP contribution in [0.2, 0.25) is 0 Å². The van der Waals surface area contributed by atoms with Gasteiger partial charge in [0.05, 0.1) is 135 Å². The van der Waals surface area contributed by atoms with Crippen LogP contribution in [-0.2, 0) is 95.1 Å². The predicted octanol–water partition coefficient (Wildman–Crippen LogP) is -1.06. The van der Waals surface area contributed by atoms with Gasteiger partial charge in [-0.25, -0.2) is 28.8 Å². The van der Waals surface area contributed by atoms with Crippen molar-refractivity contribution in [3.05, 3.63) is 72.9 Å². The number of carbonyl (C=O) groups excluding carboxylic acids is 6. The van der Waals surface area contributed by atoms with Gasteiger partial charge in [0.15, 0.2) is 0 Å². The summed E-state index contributed by atoms with van der Waals surface area (Å²) < 4.78 is 77.9. The van der Waals surface area contributed by atoms with Crippen LogP contribution < -0.4 is 0 Å². The van der Waals surface area contributed by atoms with Crippen LogP contribution in [0, 0.1) is 16.2 Å². The Balaban J connectivity index is 7.26. The Labute approximate surface area is 496 Å². The average Bonchev–Trinajstić information content (AvgIpc) is 3.66. The van der Waals surface area contributed by atoms with E-state index < -0.39 is 247 Å². The molecule has 7 unspecified atom stereocenters. The monoisotopic (exact) mass is 1220 g/mol. The molecule has 0 rings (SSSR count). The molecule has 488 valence electrons. The molecule has 0 amide bonds. The fraction of sp³-hybridized carbons (Fsp3) is 0.684. The number of aliphatic hydroxyl groups is 8. The summed E-state index contributed by atoms with van der Waals surface area (Å²) in [5, 5.41) is 86.1. The molecule has 0 aliphatic heterocycles. The number of carbonyl (C=O) groups is 6. The molecule has 28 heteroatoms. The van der Waals surface area contributed by atoms with Crippen LogP contribution in [-0.4, -0.2) is 272 Å². The van der Waals surface area contributed by atoms with Crippen LogP contribution in [0.1, 0.15) is 41.5 Å². The second-order valence-corrected chi connectivity index (χ2v) is 21.1. The molecular formula is C57H92O28. The third kappa shape index (κ3) is 36.4. The molecule has 0 spiro atoms. The summed E-state index contributed by atoms with van der Waals surface area (Å²) in [6, 6.07) is 0. The molecule has 7 atom stereocenters. The molecule has 0 aromatic heterocycles. The Morgan fingerprint density at radius 2 is 0.412 bits per heavy atom. The maximum atomic E-state index is 12.1. The van der Waals surface area contributed by atoms with E-state index in [1.165, 1.54) is 41.5 Å². The quantitative estimate of drug-likeness (QED) is 0.0204. The molecule has 0 aromatic rings. The Bertz CT molecular complexity index is 1980. The fourth-order valence-electron chi connectivity index (χ4n) is 6.27. The number of aliphatic hydroxyl groups excluding tert-OH is 8. The van der Waals surface area contributed by atoms with Gasteiger partial charge in [0.1, 0.15) is 76.3 Å². The molecule has 0 heterocycles. The first kappa shape index (κ1) is 79.6. The summed E-state index contributed by atoms with van der Waals surface area (Å²) >= 11 is 0. The Hall–Kier alpha value is -5.38. The van der Waals surface area contributed by atoms with Crippen molar-refractivity contribution in [3.8, 4) is 0 Å². The van der Waals surface area contributed by atoms with Gasteiger partial charge in [-0.1, -0.05) is 39.5 Å². The lowest BCUT2D eigenvalue weighted by molar-refractivity contribution is -0.164. The summed E-state index contributed by atoms with van der Waals surface area (Å²) in [7, 11) is 0. The molecule has 0 bridgehead atoms. The molecule has 0 saturated carbocycles. The minimum Gasteiger partial charge on any atom is -0.460 e. The SMILES string of the molecule is C=C(C)C(=O)OCC(O)COCC(CO)(COCC(O)COC(=O)C(=C)C)COCC(CO)(COCC(O)COC(=O)C(=C)C)COCC(COCC(O)COC(=O)C(=C)C)(COCC(O)COC(=O)C(=C)C)COCC(O)COC(=O)C(=C)C. The van der Waals surface area contributed by atoms with Crippen LogP contribution in [0.3, 0.4) is 0 Å². The summed E-state index contributed by atoms with van der Waals surface area (Å²) in [5.41, 5.74) is -4.22. The summed E-state index contributed by atoms with van der Waals surface area (Å²) in [6.07, 6.45) is -8.24. The minimum atomic E-state index is -1.62. The third-order valence-corrected chi connectivity index (χ3v) is 11.1. The number of rotatable bonds is 52. The smallest absolute Gasteiger partial charge is 0.333 e. The van der Waals surface area contributed by atoms with Crippen molar-refractivity contribution in [2.24, 2.45) is 16.2 Å². The van der Waals surface area contributed by atoms with Gasteiger partial charge in [0, 0.05) is 33.4 Å². The van der Waals surface area contributed by atoms with E-state index in [0.717, 1.165) is 0 Å². The van der Waals surface area contributed by atoms with Gasteiger partial charge in [-0.15, -0.1) is 0 Å². The van der Waals surface area contributed by atoms with Crippen LogP contribution >= 0.6 is 0 Å². The highest BCUT2D eigenvalue weighted by molar-refractivity contribution is 5.88. The Morgan fingerprint density at radius 1 is 0.271 bits per heavy atom. The Morgan fingerprint density at radius 3 is 0.565 bits per heavy atom. The van der Waals surface area contributed by atoms with Gasteiger partial charge in [-0.3, -0.25) is 0 Å². The zero-order chi connectivity index (χ0) is 64.8. The first-order chi connectivity index (χ1) is 39.9. The largest absolute Gasteiger partial charge is 0.460 e. The van der Waals surface area contributed by atoms with E-state index in [9.17, 15) is 69.6 Å². The van der Waals surface area contributed by atoms with Crippen molar-refractivity contribution >= 4 is 35.8 Å². The number of hydrogen-bond donors (Lipinski definition) is 8. The van der Waals surface area contributed by atoms with E-state index in [1.54, 1.807) is 0 Å². The molecule has 0 saturated heterocycles. The van der Waals surface area contributed by atoms with Crippen molar-refractivity contribution < 1.29 is 136 Å². The molecule has 85 heavy (non-hydrogen) atoms. The minimum absolute atomic E-state index is 0.0649. The average molecular weight is 1230 g/mol. The lowest BCUT2D eigenvalue weighted by Crippen LogP contribution is -2.48. The molecule has 0 aromatic carbocycles. The molecule has 0 aliphatic carbocycles. The summed E-state index contributed by atoms with van der Waals surface area (Å²) in [4.78, 5) is 72.1. The summed E-state index contributed by atoms with van der Waals surface area (Å²) in [6.45, 7) is 17.8. The highest BCUT2D eigenvalue weighted by Crippen LogP contribution is 2.27. The van der Waals surface area contributed by atoms with Crippen LogP contribution in [0.4, 0.5) is 0 Å². The maximum Gasteiger partial charge on any atom is 0.333 e. The molecular weight excluding hydrogens is 1130 g/mol. The van der Waals surface area contributed by atoms with Gasteiger partial charge in [-0.05, 0) is 41.5 Å². The van der Waals surface area contributed by atoms with E-state index in [-0.39, 0.29) is 33.4 Å². The van der Waals surface area contributed by atoms with Gasteiger partial charge < -0.3 is 107 Å². The Kier molecular flexibility index (Phi) is 40.5. The fourth-order valence-corrected chi connectivity index (χ4v) is 6.27. The lowest BCUT2D eigenvalue weighted by Gasteiger charge is -2.37. The highest BCUT2D eigenvalue weighted by atomic mass is 16.6. The second kappa shape index (κ2) is 43.3. The molecule has 8 N–H and O–H groups in total. The van der Waals surface area contributed by atoms with Gasteiger partial charge >= 0.3 is 35.8 Å². The predicted molar refractivity (Wildman–Crippen MR) is 299 cm³/mol. The number of esters is 6. The molecule has 28 nitrogen and oxygen atoms in total. The number of ether oxygens (including phenoxy) is 14. The van der Waals surface area contributed by atoms with Gasteiger partial charge in [-0.2, -0.15) is 0 Å². The molecule has 0 radical (unpaired) electrons. The second-order valence-electron chi connectivity index (χ2n) is 21.1. The topological polar surface area (TPSA) is 393 Å². The van der Waals surface area contributed by atoms with Crippen LogP contribution in [0.5, 0.6) is 0 Å². The van der Waals surface area contributed by atoms with Crippen molar-refractivity contribution in [1.82, 2.24) is 0 Å². The van der Waals surface area contributed by atoms with Gasteiger partial charge in [0.25, 0.3) is 0 Å². The van der Waals surface area contributed by atoms with E-state index in [2.05, 4.69) is 39.5 Å². The highest BCUT2D eigenvalue weighted by Gasteiger charge is 2.39. The van der Waals surface area contributed by atoms with E-state index >= 15 is 0 Å². The first-order valence-corrected chi connectivity index (χ1v) is 26.7. The third-order valence-electron chi connectivity index (χ3n) is 11.1. The van der Waals surface area contributed by atoms with Crippen LogP contribution in [0.15, 0.2) is 72.9 Å². The zero-order valence-electron chi connectivity index (χ0n) is 49.9. The first-order valence-electron chi connectivity index (χ1n) is 26.7. The van der Waals surface area contributed by atoms with Crippen molar-refractivity contribution in [3.63, 3.8) is 0 Å². The maximum absolute atomic E-state index is 12.1. The standard InChI is InChI=1S/C57H92O28/c1-37(2)49(66)80-19-43(60)13-72-27-55(25-58,28-73-14-44(61)20-81-50(67)38(3)4)30-78-31-56(26-59,29-74-15-45(62)21-82-51(68)39(5)6)32-79-36-57(33-75-16-46(63)22-83-52(69)40(7)8,34-76-17-47(64)23-84-53(70)41(9)10)35-77-18-48(65)24-85-54(71)42(11)12/h43-48,58-65H,1,3,5,7,9,11,13-36H2,2,4,6,8,10,12H3. The van der Waals surface area contributed by atoms with Crippen LogP contribution in [0.25, 0.3) is 0 Å².